The molecule has 2 heterocycles. The van der Waals surface area contributed by atoms with E-state index >= 15 is 0 Å². The second-order valence-corrected chi connectivity index (χ2v) is 13.6. The van der Waals surface area contributed by atoms with Crippen LogP contribution < -0.4 is 15.1 Å². The van der Waals surface area contributed by atoms with Crippen molar-refractivity contribution >= 4 is 11.0 Å². The highest BCUT2D eigenvalue weighted by molar-refractivity contribution is 5.87. The average Bonchev–Trinajstić information content (AvgIpc) is 3.18. The van der Waals surface area contributed by atoms with E-state index in [0.29, 0.717) is 22.1 Å². The summed E-state index contributed by atoms with van der Waals surface area (Å²) < 4.78 is 37.9. The van der Waals surface area contributed by atoms with Gasteiger partial charge >= 0.3 is 5.63 Å². The minimum absolute atomic E-state index is 0.211. The van der Waals surface area contributed by atoms with Gasteiger partial charge in [-0.1, -0.05) is 121 Å². The second-order valence-electron chi connectivity index (χ2n) is 13.6. The zero-order valence-corrected chi connectivity index (χ0v) is 29.9. The molecular formula is C44H42O9. The number of hydrogen-bond acceptors (Lipinski definition) is 9. The first-order valence-electron chi connectivity index (χ1n) is 17.5. The molecule has 0 saturated carbocycles. The lowest BCUT2D eigenvalue weighted by atomic mass is 9.89. The molecule has 7 rings (SSSR count). The summed E-state index contributed by atoms with van der Waals surface area (Å²) in [6.07, 6.45) is -5.30. The first-order chi connectivity index (χ1) is 25.6. The average molecular weight is 715 g/mol. The van der Waals surface area contributed by atoms with Gasteiger partial charge in [-0.15, -0.1) is 0 Å². The van der Waals surface area contributed by atoms with Crippen LogP contribution in [0, 0.1) is 6.92 Å². The Bertz CT molecular complexity index is 2110. The molecule has 0 radical (unpaired) electrons. The molecule has 1 fully saturated rings. The fraction of sp³-hybridized carbons (Fsp3) is 0.250. The maximum absolute atomic E-state index is 13.4. The van der Waals surface area contributed by atoms with Crippen LogP contribution in [0.1, 0.15) is 47.8 Å². The molecule has 0 spiro atoms. The summed E-state index contributed by atoms with van der Waals surface area (Å²) in [5, 5.41) is 22.2. The summed E-state index contributed by atoms with van der Waals surface area (Å²) in [5.41, 5.74) is 2.24. The van der Waals surface area contributed by atoms with Crippen molar-refractivity contribution in [3.05, 3.63) is 178 Å². The van der Waals surface area contributed by atoms with E-state index < -0.39 is 47.7 Å². The molecule has 1 saturated heterocycles. The minimum atomic E-state index is -1.58. The molecule has 4 atom stereocenters. The Balaban J connectivity index is 1.36. The highest BCUT2D eigenvalue weighted by Crippen LogP contribution is 2.45. The maximum Gasteiger partial charge on any atom is 0.339 e. The van der Waals surface area contributed by atoms with Crippen LogP contribution in [0.25, 0.3) is 11.0 Å². The molecule has 0 bridgehead atoms. The van der Waals surface area contributed by atoms with E-state index in [1.807, 2.05) is 121 Å². The normalized spacial score (nSPS) is 20.0. The monoisotopic (exact) mass is 714 g/mol. The molecule has 1 aromatic heterocycles. The Kier molecular flexibility index (Phi) is 10.2. The van der Waals surface area contributed by atoms with E-state index in [0.717, 1.165) is 11.1 Å². The largest absolute Gasteiger partial charge is 0.462 e. The molecule has 6 aromatic rings. The summed E-state index contributed by atoms with van der Waals surface area (Å²) in [6.45, 7) is 5.23. The van der Waals surface area contributed by atoms with Crippen LogP contribution in [0.4, 0.5) is 0 Å². The molecule has 9 nitrogen and oxygen atoms in total. The van der Waals surface area contributed by atoms with Gasteiger partial charge < -0.3 is 38.3 Å². The van der Waals surface area contributed by atoms with Gasteiger partial charge in [-0.2, -0.15) is 0 Å². The first-order valence-corrected chi connectivity index (χ1v) is 17.5. The van der Waals surface area contributed by atoms with Gasteiger partial charge in [0.25, 0.3) is 5.79 Å². The van der Waals surface area contributed by atoms with Crippen molar-refractivity contribution in [1.29, 1.82) is 0 Å². The predicted octanol–water partition coefficient (Wildman–Crippen LogP) is 7.44. The number of ether oxygens (including phenoxy) is 5. The van der Waals surface area contributed by atoms with Crippen molar-refractivity contribution in [2.45, 2.75) is 62.9 Å². The number of rotatable bonds is 11. The topological polar surface area (TPSA) is 117 Å². The molecule has 1 aliphatic rings. The lowest BCUT2D eigenvalue weighted by Gasteiger charge is -2.46. The third kappa shape index (κ3) is 7.10. The van der Waals surface area contributed by atoms with Crippen LogP contribution in [0.2, 0.25) is 0 Å². The Morgan fingerprint density at radius 2 is 1.25 bits per heavy atom. The van der Waals surface area contributed by atoms with Crippen LogP contribution in [0.15, 0.2) is 149 Å². The molecule has 1 aliphatic heterocycles. The number of benzene rings is 5. The number of aliphatic hydroxyl groups excluding tert-OH is 2. The third-order valence-corrected chi connectivity index (χ3v) is 9.66. The summed E-state index contributed by atoms with van der Waals surface area (Å²) in [6, 6.07) is 43.8. The van der Waals surface area contributed by atoms with Crippen molar-refractivity contribution in [3.8, 4) is 11.5 Å². The van der Waals surface area contributed by atoms with Gasteiger partial charge in [0.05, 0.1) is 17.1 Å². The van der Waals surface area contributed by atoms with Crippen molar-refractivity contribution in [1.82, 2.24) is 0 Å². The number of hydrogen-bond donors (Lipinski definition) is 2. The summed E-state index contributed by atoms with van der Waals surface area (Å²) in [5.74, 6) is -1.09. The fourth-order valence-corrected chi connectivity index (χ4v) is 7.02. The lowest BCUT2D eigenvalue weighted by molar-refractivity contribution is -0.306. The maximum atomic E-state index is 13.4. The molecule has 0 amide bonds. The van der Waals surface area contributed by atoms with E-state index in [1.165, 1.54) is 13.2 Å². The Morgan fingerprint density at radius 3 is 1.77 bits per heavy atom. The van der Waals surface area contributed by atoms with Crippen molar-refractivity contribution in [3.63, 3.8) is 0 Å². The summed E-state index contributed by atoms with van der Waals surface area (Å²) in [7, 11) is 1.45. The van der Waals surface area contributed by atoms with E-state index in [1.54, 1.807) is 32.9 Å². The molecule has 5 aromatic carbocycles. The minimum Gasteiger partial charge on any atom is -0.462 e. The van der Waals surface area contributed by atoms with Gasteiger partial charge in [-0.05, 0) is 44.0 Å². The van der Waals surface area contributed by atoms with E-state index in [9.17, 15) is 15.0 Å². The van der Waals surface area contributed by atoms with E-state index in [2.05, 4.69) is 0 Å². The zero-order valence-electron chi connectivity index (χ0n) is 29.9. The van der Waals surface area contributed by atoms with Crippen molar-refractivity contribution in [2.24, 2.45) is 0 Å². The van der Waals surface area contributed by atoms with Gasteiger partial charge in [-0.3, -0.25) is 0 Å². The standard InChI is InChI=1S/C44H42O9/c1-28-34(49-42-38(47)37(46)41(48-4)43(2,3)53-42)26-25-33-35(27-36(45)50-39(28)33)51-44(31-21-13-7-14-22-31,32-23-15-8-16-24-32)52-40(29-17-9-5-10-18-29)30-19-11-6-12-20-30/h5-27,37-38,40-42,46-47H,1-4H3/t37-,38+,41+,42+/m0/s1. The fourth-order valence-electron chi connectivity index (χ4n) is 7.02. The van der Waals surface area contributed by atoms with Crippen molar-refractivity contribution in [2.75, 3.05) is 7.11 Å². The Morgan fingerprint density at radius 1 is 0.717 bits per heavy atom. The Labute approximate surface area is 307 Å². The highest BCUT2D eigenvalue weighted by Gasteiger charge is 2.50. The number of aryl methyl sites for hydroxylation is 1. The molecule has 272 valence electrons. The number of fused-ring (bicyclic) bond motifs is 1. The smallest absolute Gasteiger partial charge is 0.339 e. The molecule has 0 unspecified atom stereocenters. The van der Waals surface area contributed by atoms with Gasteiger partial charge in [0, 0.05) is 23.8 Å². The van der Waals surface area contributed by atoms with Crippen molar-refractivity contribution < 1.29 is 38.3 Å². The Hall–Kier alpha value is -5.29. The molecule has 9 heteroatoms. The van der Waals surface area contributed by atoms with Gasteiger partial charge in [-0.25, -0.2) is 4.79 Å². The lowest BCUT2D eigenvalue weighted by Crippen LogP contribution is -2.63. The van der Waals surface area contributed by atoms with E-state index in [4.69, 9.17) is 28.1 Å². The summed E-state index contributed by atoms with van der Waals surface area (Å²) >= 11 is 0. The van der Waals surface area contributed by atoms with Crippen LogP contribution in [0.3, 0.4) is 0 Å². The van der Waals surface area contributed by atoms with Crippen LogP contribution >= 0.6 is 0 Å². The predicted molar refractivity (Wildman–Crippen MR) is 200 cm³/mol. The van der Waals surface area contributed by atoms with Gasteiger partial charge in [0.15, 0.2) is 0 Å². The quantitative estimate of drug-likeness (QED) is 0.104. The van der Waals surface area contributed by atoms with Gasteiger partial charge in [0.1, 0.15) is 41.5 Å². The molecular weight excluding hydrogens is 672 g/mol. The number of aliphatic hydroxyl groups is 2. The van der Waals surface area contributed by atoms with E-state index in [-0.39, 0.29) is 17.1 Å². The third-order valence-electron chi connectivity index (χ3n) is 9.66. The van der Waals surface area contributed by atoms with Gasteiger partial charge in [0.2, 0.25) is 6.29 Å². The molecule has 0 aliphatic carbocycles. The first kappa shape index (κ1) is 36.1. The summed E-state index contributed by atoms with van der Waals surface area (Å²) in [4.78, 5) is 13.4. The molecule has 2 N–H and O–H groups in total. The van der Waals surface area contributed by atoms with Crippen LogP contribution in [0.5, 0.6) is 11.5 Å². The number of methoxy groups -OCH3 is 1. The van der Waals surface area contributed by atoms with Crippen LogP contribution in [-0.4, -0.2) is 47.5 Å². The van der Waals surface area contributed by atoms with Crippen LogP contribution in [-0.2, 0) is 20.0 Å². The highest BCUT2D eigenvalue weighted by atomic mass is 16.7. The SMILES string of the molecule is CO[C@@H]1[C@@H](O)[C@@H](O)[C@H](Oc2ccc3c(OC(OC(c4ccccc4)c4ccccc4)(c4ccccc4)c4ccccc4)cc(=O)oc3c2C)OC1(C)C. The molecule has 53 heavy (non-hydrogen) atoms. The second kappa shape index (κ2) is 15.0. The zero-order chi connectivity index (χ0) is 37.2.